The molecular formula is C27H35NO5. The molecule has 2 aliphatic heterocycles. The molecule has 3 aliphatic rings. The number of likely N-dealkylation sites (tertiary alicyclic amines) is 1. The number of aliphatic hydroxyl groups excluding tert-OH is 1. The van der Waals surface area contributed by atoms with E-state index < -0.39 is 36.0 Å². The Morgan fingerprint density at radius 1 is 1.21 bits per heavy atom. The van der Waals surface area contributed by atoms with Gasteiger partial charge < -0.3 is 19.5 Å². The van der Waals surface area contributed by atoms with Crippen LogP contribution in [-0.2, 0) is 25.7 Å². The summed E-state index contributed by atoms with van der Waals surface area (Å²) in [4.78, 5) is 29.1. The van der Waals surface area contributed by atoms with Crippen molar-refractivity contribution in [1.82, 2.24) is 4.90 Å². The zero-order chi connectivity index (χ0) is 24.1. The van der Waals surface area contributed by atoms with Gasteiger partial charge in [-0.1, -0.05) is 62.1 Å². The lowest BCUT2D eigenvalue weighted by Gasteiger charge is -2.46. The van der Waals surface area contributed by atoms with Gasteiger partial charge in [-0.15, -0.1) is 0 Å². The number of benzene rings is 1. The Morgan fingerprint density at radius 2 is 1.94 bits per heavy atom. The summed E-state index contributed by atoms with van der Waals surface area (Å²) in [5, 5.41) is 10.3. The molecule has 1 N–H and O–H groups in total. The van der Waals surface area contributed by atoms with Gasteiger partial charge in [0.15, 0.2) is 0 Å². The van der Waals surface area contributed by atoms with Gasteiger partial charge in [-0.3, -0.25) is 4.79 Å². The number of allylic oxidation sites excluding steroid dienone is 2. The molecule has 0 spiro atoms. The Morgan fingerprint density at radius 3 is 2.61 bits per heavy atom. The van der Waals surface area contributed by atoms with Crippen molar-refractivity contribution in [2.45, 2.75) is 70.1 Å². The summed E-state index contributed by atoms with van der Waals surface area (Å²) >= 11 is 0. The van der Waals surface area contributed by atoms with Gasteiger partial charge in [-0.2, -0.15) is 0 Å². The van der Waals surface area contributed by atoms with E-state index >= 15 is 0 Å². The third-order valence-corrected chi connectivity index (χ3v) is 7.31. The van der Waals surface area contributed by atoms with E-state index in [2.05, 4.69) is 0 Å². The molecule has 2 heterocycles. The molecule has 4 atom stereocenters. The average molecular weight is 455 g/mol. The highest BCUT2D eigenvalue weighted by Crippen LogP contribution is 2.50. The van der Waals surface area contributed by atoms with Crippen molar-refractivity contribution in [2.75, 3.05) is 13.1 Å². The first-order chi connectivity index (χ1) is 16.5. The van der Waals surface area contributed by atoms with Crippen molar-refractivity contribution in [3.63, 3.8) is 0 Å². The fourth-order valence-corrected chi connectivity index (χ4v) is 5.82. The standard InChI is InChI=1S/C27H35NO5/c1-20(29)25(30)28-16-15-24(22-12-9-17-32-19-22)27(28,23-13-7-2-3-8-14-23)26(31)33-18-21-10-5-4-6-11-21/h4-6,9-12,17,20,23-24,29H,2-3,7-8,13-16,18-19H2,1H3/t20?,24?,27-/m0/s1/i19D/t19?,20?,24?,27-. The number of aliphatic hydroxyl groups is 1. The van der Waals surface area contributed by atoms with Gasteiger partial charge in [-0.25, -0.2) is 4.79 Å². The predicted octanol–water partition coefficient (Wildman–Crippen LogP) is 4.14. The number of ether oxygens (including phenoxy) is 2. The highest BCUT2D eigenvalue weighted by Gasteiger charge is 2.62. The van der Waals surface area contributed by atoms with E-state index in [1.807, 2.05) is 36.4 Å². The topological polar surface area (TPSA) is 76.1 Å². The maximum Gasteiger partial charge on any atom is 0.333 e. The summed E-state index contributed by atoms with van der Waals surface area (Å²) in [7, 11) is 0. The third-order valence-electron chi connectivity index (χ3n) is 7.31. The minimum Gasteiger partial charge on any atom is -0.497 e. The maximum atomic E-state index is 14.2. The van der Waals surface area contributed by atoms with Crippen LogP contribution in [0.25, 0.3) is 0 Å². The Kier molecular flexibility index (Phi) is 7.10. The normalized spacial score (nSPS) is 29.5. The quantitative estimate of drug-likeness (QED) is 0.517. The van der Waals surface area contributed by atoms with Crippen LogP contribution in [0.5, 0.6) is 0 Å². The monoisotopic (exact) mass is 454 g/mol. The lowest BCUT2D eigenvalue weighted by molar-refractivity contribution is -0.172. The largest absolute Gasteiger partial charge is 0.497 e. The number of carbonyl (C=O) groups excluding carboxylic acids is 2. The molecule has 4 rings (SSSR count). The first-order valence-electron chi connectivity index (χ1n) is 12.7. The number of rotatable bonds is 6. The smallest absolute Gasteiger partial charge is 0.333 e. The summed E-state index contributed by atoms with van der Waals surface area (Å²) in [6.45, 7) is 0.946. The second-order valence-electron chi connectivity index (χ2n) is 9.33. The highest BCUT2D eigenvalue weighted by atomic mass is 16.5. The predicted molar refractivity (Wildman–Crippen MR) is 125 cm³/mol. The molecule has 0 aromatic heterocycles. The Balaban J connectivity index is 1.79. The highest BCUT2D eigenvalue weighted by molar-refractivity contribution is 5.91. The number of esters is 1. The average Bonchev–Trinajstić information content (AvgIpc) is 3.03. The van der Waals surface area contributed by atoms with Crippen LogP contribution in [0.4, 0.5) is 0 Å². The molecule has 0 radical (unpaired) electrons. The van der Waals surface area contributed by atoms with Crippen molar-refractivity contribution in [1.29, 1.82) is 0 Å². The molecular weight excluding hydrogens is 418 g/mol. The van der Waals surface area contributed by atoms with Crippen LogP contribution in [0.2, 0.25) is 0 Å². The van der Waals surface area contributed by atoms with Gasteiger partial charge in [0.05, 0.1) is 7.63 Å². The summed E-state index contributed by atoms with van der Waals surface area (Å²) in [6, 6.07) is 9.50. The molecule has 6 nitrogen and oxygen atoms in total. The molecule has 1 aromatic carbocycles. The van der Waals surface area contributed by atoms with E-state index in [9.17, 15) is 14.7 Å². The fourth-order valence-electron chi connectivity index (χ4n) is 5.82. The van der Waals surface area contributed by atoms with Gasteiger partial charge in [-0.05, 0) is 49.3 Å². The minimum atomic E-state index is -1.27. The van der Waals surface area contributed by atoms with Crippen molar-refractivity contribution in [3.05, 3.63) is 59.9 Å². The number of nitrogens with zero attached hydrogens (tertiary/aromatic N) is 1. The SMILES string of the molecule is [2H]C1OC=CC=C1C1CCN(C(=O)C(C)O)[C@@]1(C(=O)OCc1ccccc1)C1CCCCCC1. The zero-order valence-corrected chi connectivity index (χ0v) is 19.3. The van der Waals surface area contributed by atoms with Crippen LogP contribution in [0, 0.1) is 11.8 Å². The second kappa shape index (κ2) is 10.6. The van der Waals surface area contributed by atoms with Crippen LogP contribution in [0.15, 0.2) is 54.3 Å². The van der Waals surface area contributed by atoms with Crippen LogP contribution in [0.3, 0.4) is 0 Å². The number of amides is 1. The molecule has 1 aromatic rings. The summed E-state index contributed by atoms with van der Waals surface area (Å²) < 4.78 is 20.0. The molecule has 0 bridgehead atoms. The van der Waals surface area contributed by atoms with E-state index in [0.717, 1.165) is 44.1 Å². The van der Waals surface area contributed by atoms with Crippen molar-refractivity contribution in [3.8, 4) is 0 Å². The third kappa shape index (κ3) is 4.72. The summed E-state index contributed by atoms with van der Waals surface area (Å²) in [6.07, 6.45) is 10.1. The lowest BCUT2D eigenvalue weighted by atomic mass is 9.68. The van der Waals surface area contributed by atoms with E-state index in [0.29, 0.717) is 18.5 Å². The fraction of sp³-hybridized carbons (Fsp3) is 0.556. The van der Waals surface area contributed by atoms with E-state index in [-0.39, 0.29) is 12.5 Å². The van der Waals surface area contributed by atoms with E-state index in [1.54, 1.807) is 11.0 Å². The molecule has 6 heteroatoms. The van der Waals surface area contributed by atoms with Crippen LogP contribution < -0.4 is 0 Å². The zero-order valence-electron chi connectivity index (χ0n) is 20.3. The minimum absolute atomic E-state index is 0.108. The van der Waals surface area contributed by atoms with Gasteiger partial charge in [0.25, 0.3) is 5.91 Å². The summed E-state index contributed by atoms with van der Waals surface area (Å²) in [5.41, 5.74) is 0.285. The van der Waals surface area contributed by atoms with E-state index in [4.69, 9.17) is 10.8 Å². The first kappa shape index (κ1) is 22.2. The molecule has 1 saturated carbocycles. The molecule has 2 fully saturated rings. The van der Waals surface area contributed by atoms with Crippen molar-refractivity contribution >= 4 is 11.9 Å². The molecule has 1 amide bonds. The Labute approximate surface area is 197 Å². The first-order valence-corrected chi connectivity index (χ1v) is 12.1. The van der Waals surface area contributed by atoms with Crippen LogP contribution in [0.1, 0.15) is 58.8 Å². The Hall–Kier alpha value is -2.60. The number of hydrogen-bond acceptors (Lipinski definition) is 5. The van der Waals surface area contributed by atoms with Gasteiger partial charge >= 0.3 is 5.97 Å². The maximum absolute atomic E-state index is 14.2. The molecule has 3 unspecified atom stereocenters. The van der Waals surface area contributed by atoms with Crippen molar-refractivity contribution in [2.24, 2.45) is 11.8 Å². The van der Waals surface area contributed by atoms with Crippen molar-refractivity contribution < 1.29 is 25.5 Å². The second-order valence-corrected chi connectivity index (χ2v) is 9.33. The molecule has 1 aliphatic carbocycles. The van der Waals surface area contributed by atoms with E-state index in [1.165, 1.54) is 13.2 Å². The van der Waals surface area contributed by atoms with Crippen LogP contribution >= 0.6 is 0 Å². The molecule has 33 heavy (non-hydrogen) atoms. The number of hydrogen-bond donors (Lipinski definition) is 1. The molecule has 178 valence electrons. The summed E-state index contributed by atoms with van der Waals surface area (Å²) in [5.74, 6) is -1.43. The Bertz CT molecular complexity index is 922. The van der Waals surface area contributed by atoms with Gasteiger partial charge in [0.1, 0.15) is 24.8 Å². The van der Waals surface area contributed by atoms with Crippen LogP contribution in [-0.4, -0.2) is 46.7 Å². The van der Waals surface area contributed by atoms with Gasteiger partial charge in [0, 0.05) is 12.5 Å². The lowest BCUT2D eigenvalue weighted by Crippen LogP contribution is -2.63. The number of carbonyl (C=O) groups is 2. The van der Waals surface area contributed by atoms with Gasteiger partial charge in [0.2, 0.25) is 0 Å². The molecule has 1 saturated heterocycles.